The molecule has 5 nitrogen and oxygen atoms in total. The van der Waals surface area contributed by atoms with Crippen molar-refractivity contribution in [2.75, 3.05) is 13.7 Å². The molecular formula is C20H19ClFNO4. The molecule has 1 saturated carbocycles. The standard InChI is InChI=1S/C20H19ClFNO4/c1-26-16-7-2-13(3-8-16)11-23(15-5-6-15)19(24)12-27-20(25)17-10-14(21)4-9-18(17)22/h2-4,7-10,15H,5-6,11-12H2,1H3. The molecule has 0 saturated heterocycles. The van der Waals surface area contributed by atoms with Crippen LogP contribution in [-0.4, -0.2) is 36.5 Å². The fourth-order valence-electron chi connectivity index (χ4n) is 2.68. The smallest absolute Gasteiger partial charge is 0.341 e. The number of halogens is 2. The van der Waals surface area contributed by atoms with Gasteiger partial charge < -0.3 is 14.4 Å². The number of benzene rings is 2. The van der Waals surface area contributed by atoms with Crippen LogP contribution in [0.2, 0.25) is 5.02 Å². The van der Waals surface area contributed by atoms with Crippen LogP contribution in [0.4, 0.5) is 4.39 Å². The molecule has 27 heavy (non-hydrogen) atoms. The van der Waals surface area contributed by atoms with Crippen molar-refractivity contribution in [3.63, 3.8) is 0 Å². The minimum absolute atomic E-state index is 0.140. The lowest BCUT2D eigenvalue weighted by Crippen LogP contribution is -2.36. The van der Waals surface area contributed by atoms with E-state index in [4.69, 9.17) is 21.1 Å². The number of rotatable bonds is 7. The Morgan fingerprint density at radius 1 is 1.19 bits per heavy atom. The molecule has 142 valence electrons. The van der Waals surface area contributed by atoms with Crippen LogP contribution >= 0.6 is 11.6 Å². The fourth-order valence-corrected chi connectivity index (χ4v) is 2.85. The third-order valence-corrected chi connectivity index (χ3v) is 4.53. The Kier molecular flexibility index (Phi) is 5.96. The summed E-state index contributed by atoms with van der Waals surface area (Å²) in [4.78, 5) is 26.3. The molecule has 2 aromatic rings. The Labute approximate surface area is 161 Å². The largest absolute Gasteiger partial charge is 0.497 e. The second-order valence-electron chi connectivity index (χ2n) is 6.30. The molecule has 3 rings (SSSR count). The third kappa shape index (κ3) is 4.98. The molecule has 0 heterocycles. The van der Waals surface area contributed by atoms with Crippen LogP contribution in [0.25, 0.3) is 0 Å². The second-order valence-corrected chi connectivity index (χ2v) is 6.74. The van der Waals surface area contributed by atoms with Gasteiger partial charge in [0.15, 0.2) is 6.61 Å². The van der Waals surface area contributed by atoms with Crippen molar-refractivity contribution >= 4 is 23.5 Å². The monoisotopic (exact) mass is 391 g/mol. The van der Waals surface area contributed by atoms with E-state index >= 15 is 0 Å². The van der Waals surface area contributed by atoms with Gasteiger partial charge >= 0.3 is 5.97 Å². The van der Waals surface area contributed by atoms with E-state index in [1.807, 2.05) is 24.3 Å². The van der Waals surface area contributed by atoms with Crippen molar-refractivity contribution < 1.29 is 23.5 Å². The maximum atomic E-state index is 13.7. The van der Waals surface area contributed by atoms with Crippen LogP contribution in [-0.2, 0) is 16.1 Å². The predicted octanol–water partition coefficient (Wildman–Crippen LogP) is 3.84. The van der Waals surface area contributed by atoms with Crippen molar-refractivity contribution in [2.24, 2.45) is 0 Å². The van der Waals surface area contributed by atoms with Crippen molar-refractivity contribution in [3.8, 4) is 5.75 Å². The summed E-state index contributed by atoms with van der Waals surface area (Å²) in [5.41, 5.74) is 0.659. The van der Waals surface area contributed by atoms with E-state index in [2.05, 4.69) is 0 Å². The molecule has 1 amide bonds. The molecule has 1 aliphatic rings. The fraction of sp³-hybridized carbons (Fsp3) is 0.300. The van der Waals surface area contributed by atoms with E-state index in [1.165, 1.54) is 12.1 Å². The molecular weight excluding hydrogens is 373 g/mol. The predicted molar refractivity (Wildman–Crippen MR) is 98.3 cm³/mol. The Balaban J connectivity index is 1.61. The van der Waals surface area contributed by atoms with Gasteiger partial charge in [-0.15, -0.1) is 0 Å². The van der Waals surface area contributed by atoms with Crippen molar-refractivity contribution in [1.29, 1.82) is 0 Å². The highest BCUT2D eigenvalue weighted by molar-refractivity contribution is 6.30. The first-order chi connectivity index (χ1) is 13.0. The van der Waals surface area contributed by atoms with E-state index in [1.54, 1.807) is 12.0 Å². The molecule has 0 aliphatic heterocycles. The highest BCUT2D eigenvalue weighted by Gasteiger charge is 2.33. The minimum atomic E-state index is -0.913. The quantitative estimate of drug-likeness (QED) is 0.673. The molecule has 1 aliphatic carbocycles. The van der Waals surface area contributed by atoms with Crippen LogP contribution in [0.15, 0.2) is 42.5 Å². The summed E-state index contributed by atoms with van der Waals surface area (Å²) in [6, 6.07) is 11.2. The average molecular weight is 392 g/mol. The molecule has 0 bridgehead atoms. The number of esters is 1. The van der Waals surface area contributed by atoms with E-state index in [0.717, 1.165) is 30.2 Å². The molecule has 0 spiro atoms. The maximum Gasteiger partial charge on any atom is 0.341 e. The van der Waals surface area contributed by atoms with Gasteiger partial charge in [0.05, 0.1) is 12.7 Å². The summed E-state index contributed by atoms with van der Waals surface area (Å²) in [5.74, 6) is -1.23. The molecule has 1 fully saturated rings. The minimum Gasteiger partial charge on any atom is -0.497 e. The Morgan fingerprint density at radius 2 is 1.89 bits per heavy atom. The lowest BCUT2D eigenvalue weighted by atomic mass is 10.2. The van der Waals surface area contributed by atoms with Gasteiger partial charge in [0.25, 0.3) is 5.91 Å². The van der Waals surface area contributed by atoms with Gasteiger partial charge in [0, 0.05) is 17.6 Å². The maximum absolute atomic E-state index is 13.7. The highest BCUT2D eigenvalue weighted by atomic mass is 35.5. The number of hydrogen-bond acceptors (Lipinski definition) is 4. The summed E-state index contributed by atoms with van der Waals surface area (Å²) in [7, 11) is 1.59. The molecule has 0 atom stereocenters. The lowest BCUT2D eigenvalue weighted by molar-refractivity contribution is -0.135. The third-order valence-electron chi connectivity index (χ3n) is 4.30. The van der Waals surface area contributed by atoms with Crippen molar-refractivity contribution in [2.45, 2.75) is 25.4 Å². The molecule has 0 N–H and O–H groups in total. The summed E-state index contributed by atoms with van der Waals surface area (Å²) in [6.07, 6.45) is 1.83. The van der Waals surface area contributed by atoms with Crippen LogP contribution in [0, 0.1) is 5.82 Å². The van der Waals surface area contributed by atoms with Crippen LogP contribution in [0.3, 0.4) is 0 Å². The van der Waals surface area contributed by atoms with E-state index in [-0.39, 0.29) is 22.5 Å². The summed E-state index contributed by atoms with van der Waals surface area (Å²) in [6.45, 7) is -0.0337. The number of carbonyl (C=O) groups excluding carboxylic acids is 2. The van der Waals surface area contributed by atoms with Gasteiger partial charge in [-0.05, 0) is 48.7 Å². The van der Waals surface area contributed by atoms with Crippen LogP contribution in [0.5, 0.6) is 5.75 Å². The van der Waals surface area contributed by atoms with Gasteiger partial charge in [0.1, 0.15) is 11.6 Å². The molecule has 2 aromatic carbocycles. The van der Waals surface area contributed by atoms with E-state index in [0.29, 0.717) is 6.54 Å². The van der Waals surface area contributed by atoms with Gasteiger partial charge in [0.2, 0.25) is 0 Å². The zero-order valence-corrected chi connectivity index (χ0v) is 15.5. The Hall–Kier alpha value is -2.60. The van der Waals surface area contributed by atoms with E-state index in [9.17, 15) is 14.0 Å². The van der Waals surface area contributed by atoms with Crippen molar-refractivity contribution in [1.82, 2.24) is 4.90 Å². The van der Waals surface area contributed by atoms with Crippen LogP contribution < -0.4 is 4.74 Å². The number of hydrogen-bond donors (Lipinski definition) is 0. The SMILES string of the molecule is COc1ccc(CN(C(=O)COC(=O)c2cc(Cl)ccc2F)C2CC2)cc1. The summed E-state index contributed by atoms with van der Waals surface area (Å²) >= 11 is 5.78. The van der Waals surface area contributed by atoms with Gasteiger partial charge in [-0.3, -0.25) is 4.79 Å². The van der Waals surface area contributed by atoms with Gasteiger partial charge in [-0.25, -0.2) is 9.18 Å². The van der Waals surface area contributed by atoms with Gasteiger partial charge in [-0.1, -0.05) is 23.7 Å². The van der Waals surface area contributed by atoms with Crippen LogP contribution in [0.1, 0.15) is 28.8 Å². The first-order valence-corrected chi connectivity index (χ1v) is 8.90. The summed E-state index contributed by atoms with van der Waals surface area (Å²) in [5, 5.41) is 0.216. The zero-order valence-electron chi connectivity index (χ0n) is 14.8. The molecule has 7 heteroatoms. The molecule has 0 aromatic heterocycles. The number of amides is 1. The average Bonchev–Trinajstić information content (AvgIpc) is 3.51. The normalized spacial score (nSPS) is 13.1. The van der Waals surface area contributed by atoms with Gasteiger partial charge in [-0.2, -0.15) is 0 Å². The topological polar surface area (TPSA) is 55.8 Å². The molecule has 0 radical (unpaired) electrons. The highest BCUT2D eigenvalue weighted by Crippen LogP contribution is 2.29. The number of nitrogens with zero attached hydrogens (tertiary/aromatic N) is 1. The first kappa shape index (κ1) is 19.2. The Morgan fingerprint density at radius 3 is 2.52 bits per heavy atom. The van der Waals surface area contributed by atoms with Crippen molar-refractivity contribution in [3.05, 3.63) is 64.4 Å². The lowest BCUT2D eigenvalue weighted by Gasteiger charge is -2.22. The summed E-state index contributed by atoms with van der Waals surface area (Å²) < 4.78 is 23.9. The number of methoxy groups -OCH3 is 1. The molecule has 0 unspecified atom stereocenters. The number of carbonyl (C=O) groups is 2. The Bertz CT molecular complexity index is 836. The second kappa shape index (κ2) is 8.39. The zero-order chi connectivity index (χ0) is 19.4. The first-order valence-electron chi connectivity index (χ1n) is 8.52. The van der Waals surface area contributed by atoms with E-state index < -0.39 is 18.4 Å². The number of ether oxygens (including phenoxy) is 2.